The Bertz CT molecular complexity index is 843. The summed E-state index contributed by atoms with van der Waals surface area (Å²) in [5.74, 6) is 0.487. The minimum atomic E-state index is -3.14. The van der Waals surface area contributed by atoms with Crippen molar-refractivity contribution in [1.82, 2.24) is 9.80 Å². The molecule has 1 saturated heterocycles. The molecule has 2 atom stereocenters. The molecule has 0 aliphatic carbocycles. The van der Waals surface area contributed by atoms with Crippen LogP contribution in [0, 0.1) is 6.92 Å². The van der Waals surface area contributed by atoms with Gasteiger partial charge in [0.15, 0.2) is 9.84 Å². The van der Waals surface area contributed by atoms with Gasteiger partial charge in [-0.15, -0.1) is 0 Å². The molecule has 3 rings (SSSR count). The van der Waals surface area contributed by atoms with Gasteiger partial charge in [0.05, 0.1) is 4.90 Å². The van der Waals surface area contributed by atoms with E-state index in [0.29, 0.717) is 16.9 Å². The second kappa shape index (κ2) is 7.51. The number of nitrogens with zero attached hydrogens (tertiary/aromatic N) is 2. The third kappa shape index (κ3) is 4.34. The Hall–Kier alpha value is -1.69. The van der Waals surface area contributed by atoms with E-state index in [1.807, 2.05) is 12.1 Å². The Balaban J connectivity index is 1.74. The third-order valence-corrected chi connectivity index (χ3v) is 6.42. The normalized spacial score (nSPS) is 21.4. The van der Waals surface area contributed by atoms with Gasteiger partial charge in [-0.3, -0.25) is 4.90 Å². The summed E-state index contributed by atoms with van der Waals surface area (Å²) in [6.07, 6.45) is 1.25. The lowest BCUT2D eigenvalue weighted by Gasteiger charge is -2.25. The van der Waals surface area contributed by atoms with E-state index in [1.54, 1.807) is 12.1 Å². The summed E-state index contributed by atoms with van der Waals surface area (Å²) in [6, 6.07) is 16.6. The van der Waals surface area contributed by atoms with Gasteiger partial charge in [-0.25, -0.2) is 8.42 Å². The molecular formula is C21H28N2O2S. The lowest BCUT2D eigenvalue weighted by molar-refractivity contribution is 0.260. The minimum absolute atomic E-state index is 0.381. The van der Waals surface area contributed by atoms with E-state index < -0.39 is 9.84 Å². The van der Waals surface area contributed by atoms with Crippen molar-refractivity contribution in [2.75, 3.05) is 33.4 Å². The zero-order valence-electron chi connectivity index (χ0n) is 16.0. The topological polar surface area (TPSA) is 40.6 Å². The summed E-state index contributed by atoms with van der Waals surface area (Å²) in [5, 5.41) is 0. The van der Waals surface area contributed by atoms with Crippen LogP contribution in [0.25, 0.3) is 0 Å². The van der Waals surface area contributed by atoms with Crippen molar-refractivity contribution in [3.8, 4) is 0 Å². The Labute approximate surface area is 157 Å². The molecule has 0 amide bonds. The van der Waals surface area contributed by atoms with E-state index in [2.05, 4.69) is 55.1 Å². The zero-order valence-corrected chi connectivity index (χ0v) is 16.8. The molecule has 0 radical (unpaired) electrons. The predicted molar refractivity (Wildman–Crippen MR) is 106 cm³/mol. The maximum Gasteiger partial charge on any atom is 0.175 e. The molecule has 0 aromatic heterocycles. The predicted octanol–water partition coefficient (Wildman–Crippen LogP) is 2.93. The van der Waals surface area contributed by atoms with Crippen LogP contribution >= 0.6 is 0 Å². The van der Waals surface area contributed by atoms with Crippen LogP contribution in [0.2, 0.25) is 0 Å². The van der Waals surface area contributed by atoms with E-state index in [-0.39, 0.29) is 0 Å². The van der Waals surface area contributed by atoms with E-state index in [9.17, 15) is 8.42 Å². The first-order valence-electron chi connectivity index (χ1n) is 8.98. The fourth-order valence-corrected chi connectivity index (χ4v) is 4.39. The Morgan fingerprint density at radius 2 is 1.62 bits per heavy atom. The van der Waals surface area contributed by atoms with Gasteiger partial charge >= 0.3 is 0 Å². The van der Waals surface area contributed by atoms with Crippen molar-refractivity contribution in [3.63, 3.8) is 0 Å². The van der Waals surface area contributed by atoms with Gasteiger partial charge in [-0.1, -0.05) is 42.0 Å². The van der Waals surface area contributed by atoms with Gasteiger partial charge in [0.2, 0.25) is 0 Å². The minimum Gasteiger partial charge on any atom is -0.305 e. The largest absolute Gasteiger partial charge is 0.305 e. The molecule has 2 unspecified atom stereocenters. The quantitative estimate of drug-likeness (QED) is 0.809. The fraction of sp³-hybridized carbons (Fsp3) is 0.429. The van der Waals surface area contributed by atoms with Crippen LogP contribution in [0.1, 0.15) is 22.6 Å². The van der Waals surface area contributed by atoms with E-state index in [4.69, 9.17) is 0 Å². The van der Waals surface area contributed by atoms with Crippen molar-refractivity contribution < 1.29 is 8.42 Å². The van der Waals surface area contributed by atoms with E-state index >= 15 is 0 Å². The smallest absolute Gasteiger partial charge is 0.175 e. The van der Waals surface area contributed by atoms with Crippen molar-refractivity contribution >= 4 is 9.84 Å². The number of likely N-dealkylation sites (N-methyl/N-ethyl adjacent to an activating group) is 1. The summed E-state index contributed by atoms with van der Waals surface area (Å²) in [5.41, 5.74) is 3.83. The molecule has 1 aliphatic rings. The highest BCUT2D eigenvalue weighted by atomic mass is 32.2. The second-order valence-electron chi connectivity index (χ2n) is 7.66. The average molecular weight is 373 g/mol. The first-order valence-corrected chi connectivity index (χ1v) is 10.9. The van der Waals surface area contributed by atoms with Crippen molar-refractivity contribution in [1.29, 1.82) is 0 Å². The summed E-state index contributed by atoms with van der Waals surface area (Å²) < 4.78 is 23.2. The molecule has 5 heteroatoms. The Morgan fingerprint density at radius 3 is 2.15 bits per heavy atom. The Morgan fingerprint density at radius 1 is 1.00 bits per heavy atom. The fourth-order valence-electron chi connectivity index (χ4n) is 3.76. The molecule has 1 aliphatic heterocycles. The van der Waals surface area contributed by atoms with Crippen LogP contribution in [-0.2, 0) is 16.4 Å². The molecule has 4 nitrogen and oxygen atoms in total. The lowest BCUT2D eigenvalue weighted by Crippen LogP contribution is -2.34. The lowest BCUT2D eigenvalue weighted by atomic mass is 9.93. The number of sulfone groups is 1. The highest BCUT2D eigenvalue weighted by molar-refractivity contribution is 7.90. The molecule has 1 fully saturated rings. The summed E-state index contributed by atoms with van der Waals surface area (Å²) >= 11 is 0. The van der Waals surface area contributed by atoms with Gasteiger partial charge in [0.25, 0.3) is 0 Å². The van der Waals surface area contributed by atoms with Gasteiger partial charge in [-0.05, 0) is 44.3 Å². The molecule has 0 bridgehead atoms. The number of hydrogen-bond acceptors (Lipinski definition) is 4. The molecular weight excluding hydrogens is 344 g/mol. The van der Waals surface area contributed by atoms with E-state index in [1.165, 1.54) is 17.4 Å². The maximum absolute atomic E-state index is 11.6. The Kier molecular flexibility index (Phi) is 5.51. The van der Waals surface area contributed by atoms with Crippen LogP contribution in [0.15, 0.2) is 53.4 Å². The van der Waals surface area contributed by atoms with Gasteiger partial charge in [0.1, 0.15) is 0 Å². The van der Waals surface area contributed by atoms with E-state index in [0.717, 1.165) is 25.2 Å². The van der Waals surface area contributed by atoms with Gasteiger partial charge in [0, 0.05) is 37.8 Å². The van der Waals surface area contributed by atoms with Crippen LogP contribution < -0.4 is 0 Å². The molecule has 2 aromatic rings. The molecule has 26 heavy (non-hydrogen) atoms. The number of rotatable bonds is 5. The van der Waals surface area contributed by atoms with Crippen LogP contribution in [0.5, 0.6) is 0 Å². The highest BCUT2D eigenvalue weighted by Crippen LogP contribution is 2.31. The monoisotopic (exact) mass is 372 g/mol. The van der Waals surface area contributed by atoms with Gasteiger partial charge < -0.3 is 4.90 Å². The number of likely N-dealkylation sites (tertiary alicyclic amines) is 1. The number of hydrogen-bond donors (Lipinski definition) is 0. The summed E-state index contributed by atoms with van der Waals surface area (Å²) in [4.78, 5) is 5.16. The molecule has 0 spiro atoms. The SMILES string of the molecule is Cc1ccc(C2CN(Cc3ccc(S(C)(=O)=O)cc3)CC2N(C)C)cc1. The highest BCUT2D eigenvalue weighted by Gasteiger charge is 2.34. The number of benzene rings is 2. The van der Waals surface area contributed by atoms with Crippen LogP contribution in [0.3, 0.4) is 0 Å². The molecule has 0 saturated carbocycles. The standard InChI is InChI=1S/C21H28N2O2S/c1-16-5-9-18(10-6-16)20-14-23(15-21(20)22(2)3)13-17-7-11-19(12-8-17)26(4,24)25/h5-12,20-21H,13-15H2,1-4H3. The third-order valence-electron chi connectivity index (χ3n) is 5.29. The molecule has 2 aromatic carbocycles. The van der Waals surface area contributed by atoms with Crippen molar-refractivity contribution in [3.05, 3.63) is 65.2 Å². The van der Waals surface area contributed by atoms with Crippen LogP contribution in [-0.4, -0.2) is 57.7 Å². The summed E-state index contributed by atoms with van der Waals surface area (Å²) in [6.45, 7) is 4.99. The average Bonchev–Trinajstić information content (AvgIpc) is 2.99. The summed E-state index contributed by atoms with van der Waals surface area (Å²) in [7, 11) is 1.16. The molecule has 140 valence electrons. The second-order valence-corrected chi connectivity index (χ2v) is 9.67. The first-order chi connectivity index (χ1) is 12.2. The van der Waals surface area contributed by atoms with Crippen LogP contribution in [0.4, 0.5) is 0 Å². The zero-order chi connectivity index (χ0) is 18.9. The molecule has 1 heterocycles. The number of aryl methyl sites for hydroxylation is 1. The first kappa shape index (κ1) is 19.1. The molecule has 0 N–H and O–H groups in total. The van der Waals surface area contributed by atoms with Crippen molar-refractivity contribution in [2.45, 2.75) is 30.3 Å². The van der Waals surface area contributed by atoms with Gasteiger partial charge in [-0.2, -0.15) is 0 Å². The maximum atomic E-state index is 11.6. The van der Waals surface area contributed by atoms with Crippen molar-refractivity contribution in [2.24, 2.45) is 0 Å².